The summed E-state index contributed by atoms with van der Waals surface area (Å²) in [6, 6.07) is 11.3. The molecule has 122 valence electrons. The lowest BCUT2D eigenvalue weighted by Crippen LogP contribution is -2.32. The molecule has 0 spiro atoms. The number of halogens is 2. The van der Waals surface area contributed by atoms with Crippen molar-refractivity contribution in [3.63, 3.8) is 0 Å². The van der Waals surface area contributed by atoms with E-state index in [2.05, 4.69) is 4.98 Å². The molecular formula is C17H18Cl2N2OS. The number of aryl methyl sites for hydroxylation is 1. The lowest BCUT2D eigenvalue weighted by molar-refractivity contribution is 0.0964. The highest BCUT2D eigenvalue weighted by atomic mass is 35.5. The van der Waals surface area contributed by atoms with E-state index in [1.807, 2.05) is 43.3 Å². The van der Waals surface area contributed by atoms with Gasteiger partial charge < -0.3 is 5.73 Å². The number of hydrogen-bond acceptors (Lipinski definition) is 4. The van der Waals surface area contributed by atoms with Gasteiger partial charge in [-0.2, -0.15) is 0 Å². The Kier molecular flexibility index (Phi) is 7.16. The van der Waals surface area contributed by atoms with Crippen molar-refractivity contribution in [2.45, 2.75) is 19.4 Å². The number of carbonyl (C=O) groups is 1. The third-order valence-corrected chi connectivity index (χ3v) is 4.87. The summed E-state index contributed by atoms with van der Waals surface area (Å²) in [5.74, 6) is 0.0116. The van der Waals surface area contributed by atoms with E-state index in [0.717, 1.165) is 26.1 Å². The van der Waals surface area contributed by atoms with Crippen molar-refractivity contribution in [2.75, 3.05) is 0 Å². The number of ketones is 1. The minimum Gasteiger partial charge on any atom is -0.321 e. The van der Waals surface area contributed by atoms with Gasteiger partial charge in [-0.25, -0.2) is 0 Å². The fraction of sp³-hybridized carbons (Fsp3) is 0.176. The van der Waals surface area contributed by atoms with Gasteiger partial charge in [-0.3, -0.25) is 9.78 Å². The number of nitrogens with two attached hydrogens (primary N) is 1. The monoisotopic (exact) mass is 368 g/mol. The topological polar surface area (TPSA) is 56.0 Å². The first-order valence-electron chi connectivity index (χ1n) is 6.83. The number of carbonyl (C=O) groups excluding carboxylic acids is 1. The third kappa shape index (κ3) is 4.09. The number of benzene rings is 1. The zero-order valence-corrected chi connectivity index (χ0v) is 15.0. The Morgan fingerprint density at radius 2 is 1.96 bits per heavy atom. The molecule has 1 unspecified atom stereocenters. The molecule has 3 nitrogen and oxygen atoms in total. The molecule has 6 heteroatoms. The van der Waals surface area contributed by atoms with Gasteiger partial charge in [0, 0.05) is 17.1 Å². The zero-order chi connectivity index (χ0) is 14.8. The largest absolute Gasteiger partial charge is 0.321 e. The molecule has 2 aromatic heterocycles. The van der Waals surface area contributed by atoms with Gasteiger partial charge in [0.05, 0.1) is 10.9 Å². The van der Waals surface area contributed by atoms with E-state index in [9.17, 15) is 4.79 Å². The highest BCUT2D eigenvalue weighted by Gasteiger charge is 2.21. The lowest BCUT2D eigenvalue weighted by Gasteiger charge is -2.09. The number of Topliss-reactive ketones (excluding diaryl/α,β-unsaturated/α-hetero) is 1. The minimum absolute atomic E-state index is 0. The maximum atomic E-state index is 12.6. The summed E-state index contributed by atoms with van der Waals surface area (Å²) < 4.78 is 1.13. The first-order valence-corrected chi connectivity index (χ1v) is 7.65. The van der Waals surface area contributed by atoms with Crippen LogP contribution in [0.5, 0.6) is 0 Å². The molecule has 0 saturated carbocycles. The molecule has 1 aromatic carbocycles. The van der Waals surface area contributed by atoms with Gasteiger partial charge in [0.25, 0.3) is 0 Å². The first-order chi connectivity index (χ1) is 10.2. The molecule has 1 atom stereocenters. The zero-order valence-electron chi connectivity index (χ0n) is 12.6. The summed E-state index contributed by atoms with van der Waals surface area (Å²) in [5, 5.41) is 1.14. The van der Waals surface area contributed by atoms with E-state index in [-0.39, 0.29) is 30.6 Å². The average molecular weight is 369 g/mol. The normalized spacial score (nSPS) is 11.4. The predicted molar refractivity (Wildman–Crippen MR) is 101 cm³/mol. The summed E-state index contributed by atoms with van der Waals surface area (Å²) in [7, 11) is 0. The van der Waals surface area contributed by atoms with E-state index in [0.29, 0.717) is 6.42 Å². The van der Waals surface area contributed by atoms with Crippen LogP contribution in [0.4, 0.5) is 0 Å². The van der Waals surface area contributed by atoms with Crippen LogP contribution in [0, 0.1) is 6.92 Å². The molecule has 2 N–H and O–H groups in total. The van der Waals surface area contributed by atoms with Crippen LogP contribution in [-0.4, -0.2) is 16.8 Å². The van der Waals surface area contributed by atoms with Crippen LogP contribution >= 0.6 is 36.2 Å². The molecule has 0 radical (unpaired) electrons. The van der Waals surface area contributed by atoms with Crippen LogP contribution in [-0.2, 0) is 6.42 Å². The third-order valence-electron chi connectivity index (χ3n) is 3.58. The highest BCUT2D eigenvalue weighted by Crippen LogP contribution is 2.31. The molecule has 0 amide bonds. The van der Waals surface area contributed by atoms with Crippen LogP contribution < -0.4 is 5.73 Å². The Morgan fingerprint density at radius 3 is 2.61 bits per heavy atom. The van der Waals surface area contributed by atoms with E-state index in [1.165, 1.54) is 11.3 Å². The van der Waals surface area contributed by atoms with Crippen molar-refractivity contribution in [1.29, 1.82) is 0 Å². The van der Waals surface area contributed by atoms with Crippen LogP contribution in [0.2, 0.25) is 0 Å². The van der Waals surface area contributed by atoms with Crippen molar-refractivity contribution < 1.29 is 4.79 Å². The summed E-state index contributed by atoms with van der Waals surface area (Å²) in [6.45, 7) is 1.99. The van der Waals surface area contributed by atoms with Crippen LogP contribution in [0.1, 0.15) is 20.8 Å². The Labute approximate surface area is 151 Å². The number of rotatable bonds is 4. The summed E-state index contributed by atoms with van der Waals surface area (Å²) >= 11 is 1.53. The first kappa shape index (κ1) is 19.6. The standard InChI is InChI=1S/C17H16N2OS.2ClH/c1-11-13-6-2-3-7-15(13)21-17(11)16(20)14(18)9-12-5-4-8-19-10-12;;/h2-8,10,14H,9,18H2,1H3;2*1H. The Bertz CT molecular complexity index is 790. The molecule has 0 aliphatic carbocycles. The van der Waals surface area contributed by atoms with Gasteiger partial charge in [0.15, 0.2) is 5.78 Å². The van der Waals surface area contributed by atoms with E-state index < -0.39 is 6.04 Å². The number of aromatic nitrogens is 1. The predicted octanol–water partition coefficient (Wildman–Crippen LogP) is 4.20. The lowest BCUT2D eigenvalue weighted by atomic mass is 10.0. The fourth-order valence-corrected chi connectivity index (χ4v) is 3.66. The van der Waals surface area contributed by atoms with Gasteiger partial charge in [0.2, 0.25) is 0 Å². The smallest absolute Gasteiger partial charge is 0.190 e. The van der Waals surface area contributed by atoms with Gasteiger partial charge in [-0.1, -0.05) is 24.3 Å². The van der Waals surface area contributed by atoms with Crippen molar-refractivity contribution in [1.82, 2.24) is 4.98 Å². The van der Waals surface area contributed by atoms with Crippen LogP contribution in [0.3, 0.4) is 0 Å². The molecular weight excluding hydrogens is 351 g/mol. The second-order valence-corrected chi connectivity index (χ2v) is 6.14. The quantitative estimate of drug-likeness (QED) is 0.702. The maximum absolute atomic E-state index is 12.6. The molecule has 3 aromatic rings. The van der Waals surface area contributed by atoms with Gasteiger partial charge in [0.1, 0.15) is 0 Å². The van der Waals surface area contributed by atoms with Crippen molar-refractivity contribution in [3.8, 4) is 0 Å². The Hall–Kier alpha value is -1.46. The number of nitrogens with zero attached hydrogens (tertiary/aromatic N) is 1. The molecule has 0 fully saturated rings. The van der Waals surface area contributed by atoms with E-state index >= 15 is 0 Å². The second-order valence-electron chi connectivity index (χ2n) is 5.09. The molecule has 2 heterocycles. The molecule has 0 aliphatic heterocycles. The molecule has 0 aliphatic rings. The number of hydrogen-bond donors (Lipinski definition) is 1. The van der Waals surface area contributed by atoms with E-state index in [4.69, 9.17) is 5.73 Å². The Morgan fingerprint density at radius 1 is 1.22 bits per heavy atom. The highest BCUT2D eigenvalue weighted by molar-refractivity contribution is 7.21. The van der Waals surface area contributed by atoms with Crippen LogP contribution in [0.15, 0.2) is 48.8 Å². The number of fused-ring (bicyclic) bond motifs is 1. The molecule has 3 rings (SSSR count). The molecule has 23 heavy (non-hydrogen) atoms. The van der Waals surface area contributed by atoms with Crippen molar-refractivity contribution in [3.05, 3.63) is 64.8 Å². The maximum Gasteiger partial charge on any atom is 0.190 e. The summed E-state index contributed by atoms with van der Waals surface area (Å²) in [5.41, 5.74) is 8.11. The van der Waals surface area contributed by atoms with Crippen molar-refractivity contribution in [2.24, 2.45) is 5.73 Å². The molecule has 0 saturated heterocycles. The fourth-order valence-electron chi connectivity index (χ4n) is 2.44. The van der Waals surface area contributed by atoms with Gasteiger partial charge >= 0.3 is 0 Å². The molecule has 0 bridgehead atoms. The van der Waals surface area contributed by atoms with E-state index in [1.54, 1.807) is 12.4 Å². The summed E-state index contributed by atoms with van der Waals surface area (Å²) in [4.78, 5) is 17.4. The van der Waals surface area contributed by atoms with Crippen LogP contribution in [0.25, 0.3) is 10.1 Å². The minimum atomic E-state index is -0.527. The van der Waals surface area contributed by atoms with Gasteiger partial charge in [-0.15, -0.1) is 36.2 Å². The second kappa shape index (κ2) is 8.41. The van der Waals surface area contributed by atoms with Gasteiger partial charge in [-0.05, 0) is 42.0 Å². The van der Waals surface area contributed by atoms with Crippen molar-refractivity contribution >= 4 is 52.0 Å². The number of thiophene rings is 1. The SMILES string of the molecule is Cc1c(C(=O)C(N)Cc2cccnc2)sc2ccccc12.Cl.Cl. The number of pyridine rings is 1. The average Bonchev–Trinajstić information content (AvgIpc) is 2.85. The Balaban J connectivity index is 0.00000132. The summed E-state index contributed by atoms with van der Waals surface area (Å²) in [6.07, 6.45) is 3.98.